The Morgan fingerprint density at radius 2 is 0.652 bits per heavy atom. The van der Waals surface area contributed by atoms with Crippen molar-refractivity contribution < 1.29 is 0 Å². The quantitative estimate of drug-likeness (QED) is 0.160. The van der Waals surface area contributed by atoms with E-state index in [9.17, 15) is 0 Å². The van der Waals surface area contributed by atoms with E-state index < -0.39 is 0 Å². The Labute approximate surface area is 396 Å². The van der Waals surface area contributed by atoms with Crippen LogP contribution >= 0.6 is 0 Å². The molecule has 9 aromatic rings. The molecule has 8 aromatic carbocycles. The Hall–Kier alpha value is -5.60. The Kier molecular flexibility index (Phi) is 10.3. The number of rotatable bonds is 4. The highest BCUT2D eigenvalue weighted by molar-refractivity contribution is 6.27. The lowest BCUT2D eigenvalue weighted by Gasteiger charge is -2.34. The van der Waals surface area contributed by atoms with Crippen LogP contribution in [0.3, 0.4) is 0 Å². The van der Waals surface area contributed by atoms with Gasteiger partial charge in [0, 0.05) is 32.9 Å². The zero-order chi connectivity index (χ0) is 47.8. The molecule has 2 nitrogen and oxygen atoms in total. The Morgan fingerprint density at radius 3 is 1.05 bits per heavy atom. The topological polar surface area (TPSA) is 8.17 Å². The first-order chi connectivity index (χ1) is 30.5. The molecule has 0 fully saturated rings. The molecule has 0 saturated carbocycles. The second-order valence-electron chi connectivity index (χ2n) is 25.8. The average molecular weight is 871 g/mol. The lowest BCUT2D eigenvalue weighted by Crippen LogP contribution is -2.21. The maximum atomic E-state index is 2.59. The number of fused-ring (bicyclic) bond motifs is 3. The molecule has 1 aromatic heterocycles. The van der Waals surface area contributed by atoms with E-state index in [2.05, 4.69) is 255 Å². The van der Waals surface area contributed by atoms with Gasteiger partial charge in [-0.15, -0.1) is 0 Å². The molecular weight excluding hydrogens is 797 g/mol. The van der Waals surface area contributed by atoms with Crippen molar-refractivity contribution in [3.8, 4) is 5.69 Å². The fourth-order valence-electron chi connectivity index (χ4n) is 10.0. The molecule has 0 aliphatic rings. The Morgan fingerprint density at radius 1 is 0.303 bits per heavy atom. The first kappa shape index (κ1) is 45.6. The third-order valence-electron chi connectivity index (χ3n) is 14.4. The van der Waals surface area contributed by atoms with E-state index in [4.69, 9.17) is 0 Å². The summed E-state index contributed by atoms with van der Waals surface area (Å²) in [6, 6.07) is 48.1. The normalized spacial score (nSPS) is 13.6. The molecule has 1 heterocycles. The largest absolute Gasteiger partial charge is 0.310 e. The molecule has 0 aliphatic heterocycles. The van der Waals surface area contributed by atoms with Crippen LogP contribution in [0.2, 0.25) is 0 Å². The molecular formula is C64H74N2. The van der Waals surface area contributed by atoms with Crippen molar-refractivity contribution in [3.05, 3.63) is 155 Å². The smallest absolute Gasteiger partial charge is 0.0541 e. The number of hydrogen-bond acceptors (Lipinski definition) is 1. The number of benzene rings is 8. The summed E-state index contributed by atoms with van der Waals surface area (Å²) < 4.78 is 2.54. The van der Waals surface area contributed by atoms with Crippen LogP contribution in [0.1, 0.15) is 158 Å². The molecule has 66 heavy (non-hydrogen) atoms. The van der Waals surface area contributed by atoms with E-state index in [0.29, 0.717) is 0 Å². The van der Waals surface area contributed by atoms with Crippen molar-refractivity contribution >= 4 is 71.2 Å². The summed E-state index contributed by atoms with van der Waals surface area (Å²) in [4.78, 5) is 2.59. The Balaban J connectivity index is 1.38. The predicted octanol–water partition coefficient (Wildman–Crippen LogP) is 18.9. The molecule has 0 unspecified atom stereocenters. The van der Waals surface area contributed by atoms with Gasteiger partial charge in [-0.25, -0.2) is 0 Å². The van der Waals surface area contributed by atoms with Crippen LogP contribution in [0.5, 0.6) is 0 Å². The Bertz CT molecular complexity index is 3130. The third-order valence-corrected chi connectivity index (χ3v) is 14.4. The SMILES string of the molecule is CC(C)(C)c1cc(N(c2cc(C(C)(C)C)cc(C(C)(C)C)c2)c2ccc3ccc4c(-n5c6ccc(C(C)(C)C)cc6c6cc(C(C)(C)C)ccc65)ccc5ccc2c3c54)cc(C(C)(C)C)c1. The standard InChI is InChI=1S/C64H74N2/c1-59(2,3)41-23-29-55-51(37-41)52-38-42(60(4,5)6)24-30-56(52)66(55)54-28-22-40-19-25-49-53(27-21-39-20-26-50(54)58(40)57(39)49)65(47-33-43(61(7,8)9)31-44(34-47)62(10,11)12)48-35-45(63(13,14)15)32-46(36-48)64(16,17)18/h19-38H,1-18H3. The van der Waals surface area contributed by atoms with E-state index in [1.54, 1.807) is 0 Å². The van der Waals surface area contributed by atoms with Crippen molar-refractivity contribution in [1.29, 1.82) is 0 Å². The first-order valence-corrected chi connectivity index (χ1v) is 24.4. The molecule has 340 valence electrons. The van der Waals surface area contributed by atoms with E-state index in [1.807, 2.05) is 0 Å². The van der Waals surface area contributed by atoms with Crippen LogP contribution in [-0.4, -0.2) is 4.57 Å². The lowest BCUT2D eigenvalue weighted by molar-refractivity contribution is 0.568. The summed E-state index contributed by atoms with van der Waals surface area (Å²) in [7, 11) is 0. The second-order valence-corrected chi connectivity index (χ2v) is 25.8. The predicted molar refractivity (Wildman–Crippen MR) is 291 cm³/mol. The van der Waals surface area contributed by atoms with Gasteiger partial charge < -0.3 is 9.47 Å². The molecule has 0 atom stereocenters. The molecule has 0 amide bonds. The molecule has 0 saturated heterocycles. The summed E-state index contributed by atoms with van der Waals surface area (Å²) in [6.07, 6.45) is 0. The molecule has 9 rings (SSSR count). The van der Waals surface area contributed by atoms with E-state index in [0.717, 1.165) is 0 Å². The minimum absolute atomic E-state index is 0.0353. The van der Waals surface area contributed by atoms with Crippen molar-refractivity contribution in [3.63, 3.8) is 0 Å². The number of hydrogen-bond donors (Lipinski definition) is 0. The molecule has 0 radical (unpaired) electrons. The minimum atomic E-state index is -0.0417. The second kappa shape index (κ2) is 15.0. The fraction of sp³-hybridized carbons (Fsp3) is 0.375. The summed E-state index contributed by atoms with van der Waals surface area (Å²) in [6.45, 7) is 42.1. The van der Waals surface area contributed by atoms with Gasteiger partial charge in [0.25, 0.3) is 0 Å². The molecule has 0 aliphatic carbocycles. The highest BCUT2D eigenvalue weighted by Gasteiger charge is 2.29. The summed E-state index contributed by atoms with van der Waals surface area (Å²) in [5.41, 5.74) is 15.3. The lowest BCUT2D eigenvalue weighted by atomic mass is 9.79. The van der Waals surface area contributed by atoms with E-state index in [-0.39, 0.29) is 32.5 Å². The van der Waals surface area contributed by atoms with Crippen LogP contribution in [0.15, 0.2) is 121 Å². The number of aromatic nitrogens is 1. The van der Waals surface area contributed by atoms with Crippen LogP contribution in [-0.2, 0) is 32.5 Å². The highest BCUT2D eigenvalue weighted by atomic mass is 15.1. The molecule has 2 heteroatoms. The first-order valence-electron chi connectivity index (χ1n) is 24.4. The van der Waals surface area contributed by atoms with Crippen molar-refractivity contribution in [1.82, 2.24) is 4.57 Å². The van der Waals surface area contributed by atoms with Gasteiger partial charge in [-0.2, -0.15) is 0 Å². The number of anilines is 3. The van der Waals surface area contributed by atoms with Crippen LogP contribution in [0, 0.1) is 0 Å². The zero-order valence-corrected chi connectivity index (χ0v) is 43.4. The van der Waals surface area contributed by atoms with Gasteiger partial charge in [-0.05, 0) is 148 Å². The fourth-order valence-corrected chi connectivity index (χ4v) is 10.0. The van der Waals surface area contributed by atoms with E-state index >= 15 is 0 Å². The maximum absolute atomic E-state index is 2.59. The van der Waals surface area contributed by atoms with Crippen molar-refractivity contribution in [2.24, 2.45) is 0 Å². The average Bonchev–Trinajstić information content (AvgIpc) is 3.54. The van der Waals surface area contributed by atoms with Gasteiger partial charge in [0.2, 0.25) is 0 Å². The zero-order valence-electron chi connectivity index (χ0n) is 43.4. The number of nitrogens with zero attached hydrogens (tertiary/aromatic N) is 2. The van der Waals surface area contributed by atoms with Crippen LogP contribution < -0.4 is 4.90 Å². The molecule has 0 spiro atoms. The minimum Gasteiger partial charge on any atom is -0.310 e. The van der Waals surface area contributed by atoms with Crippen LogP contribution in [0.4, 0.5) is 17.1 Å². The van der Waals surface area contributed by atoms with Crippen molar-refractivity contribution in [2.75, 3.05) is 4.90 Å². The van der Waals surface area contributed by atoms with Gasteiger partial charge in [0.1, 0.15) is 0 Å². The monoisotopic (exact) mass is 871 g/mol. The van der Waals surface area contributed by atoms with Gasteiger partial charge >= 0.3 is 0 Å². The summed E-state index contributed by atoms with van der Waals surface area (Å²) in [5, 5.41) is 10.3. The van der Waals surface area contributed by atoms with Crippen molar-refractivity contribution in [2.45, 2.75) is 157 Å². The highest BCUT2D eigenvalue weighted by Crippen LogP contribution is 2.49. The summed E-state index contributed by atoms with van der Waals surface area (Å²) in [5.74, 6) is 0. The van der Waals surface area contributed by atoms with Gasteiger partial charge in [-0.1, -0.05) is 185 Å². The maximum Gasteiger partial charge on any atom is 0.0541 e. The molecule has 0 N–H and O–H groups in total. The van der Waals surface area contributed by atoms with Gasteiger partial charge in [0.15, 0.2) is 0 Å². The van der Waals surface area contributed by atoms with Gasteiger partial charge in [0.05, 0.1) is 22.4 Å². The molecule has 0 bridgehead atoms. The van der Waals surface area contributed by atoms with E-state index in [1.165, 1.54) is 110 Å². The van der Waals surface area contributed by atoms with Crippen LogP contribution in [0.25, 0.3) is 59.8 Å². The third kappa shape index (κ3) is 7.87. The summed E-state index contributed by atoms with van der Waals surface area (Å²) >= 11 is 0. The van der Waals surface area contributed by atoms with Gasteiger partial charge in [-0.3, -0.25) is 0 Å².